The lowest BCUT2D eigenvalue weighted by Crippen LogP contribution is -2.44. The number of aryl methyl sites for hydroxylation is 1. The van der Waals surface area contributed by atoms with Crippen LogP contribution >= 0.6 is 0 Å². The first-order valence-corrected chi connectivity index (χ1v) is 14.5. The molecule has 1 aliphatic rings. The van der Waals surface area contributed by atoms with Crippen LogP contribution in [-0.2, 0) is 11.0 Å². The fraction of sp³-hybridized carbons (Fsp3) is 0.448. The van der Waals surface area contributed by atoms with Gasteiger partial charge in [-0.3, -0.25) is 0 Å². The maximum atomic E-state index is 12.4. The van der Waals surface area contributed by atoms with E-state index in [1.54, 1.807) is 6.20 Å². The van der Waals surface area contributed by atoms with Crippen molar-refractivity contribution in [3.8, 4) is 5.75 Å². The van der Waals surface area contributed by atoms with Gasteiger partial charge < -0.3 is 29.9 Å². The van der Waals surface area contributed by atoms with Crippen molar-refractivity contribution in [2.75, 3.05) is 53.5 Å². The highest BCUT2D eigenvalue weighted by Gasteiger charge is 2.20. The SMILES string of the molecule is Cc1cnc(Nc2ccc(N3CCN(C)CC3)c(OC(C)C)c2)nc1Nc1ccc(NS(=O)C(C)(C)C)cc1. The van der Waals surface area contributed by atoms with Gasteiger partial charge in [-0.05, 0) is 85.0 Å². The van der Waals surface area contributed by atoms with Crippen molar-refractivity contribution in [2.45, 2.75) is 52.4 Å². The van der Waals surface area contributed by atoms with Gasteiger partial charge in [-0.2, -0.15) is 4.98 Å². The van der Waals surface area contributed by atoms with Crippen molar-refractivity contribution in [2.24, 2.45) is 0 Å². The molecule has 0 radical (unpaired) electrons. The topological polar surface area (TPSA) is 94.7 Å². The van der Waals surface area contributed by atoms with Gasteiger partial charge in [0.05, 0.1) is 16.5 Å². The van der Waals surface area contributed by atoms with E-state index in [4.69, 9.17) is 9.72 Å². The number of anilines is 6. The van der Waals surface area contributed by atoms with Crippen molar-refractivity contribution in [1.82, 2.24) is 14.9 Å². The molecule has 210 valence electrons. The number of rotatable bonds is 9. The molecule has 3 N–H and O–H groups in total. The summed E-state index contributed by atoms with van der Waals surface area (Å²) in [4.78, 5) is 13.9. The monoisotopic (exact) mass is 551 g/mol. The molecule has 1 fully saturated rings. The molecular formula is C29H41N7O2S. The Bertz CT molecular complexity index is 1280. The second-order valence-corrected chi connectivity index (χ2v) is 13.1. The molecule has 0 spiro atoms. The first-order valence-electron chi connectivity index (χ1n) is 13.4. The van der Waals surface area contributed by atoms with Gasteiger partial charge in [0.2, 0.25) is 5.95 Å². The zero-order chi connectivity index (χ0) is 28.2. The summed E-state index contributed by atoms with van der Waals surface area (Å²) < 4.78 is 21.3. The van der Waals surface area contributed by atoms with Crippen molar-refractivity contribution in [3.63, 3.8) is 0 Å². The van der Waals surface area contributed by atoms with Crippen LogP contribution in [0.5, 0.6) is 5.75 Å². The van der Waals surface area contributed by atoms with Gasteiger partial charge in [0.25, 0.3) is 0 Å². The maximum absolute atomic E-state index is 12.4. The van der Waals surface area contributed by atoms with E-state index in [-0.39, 0.29) is 10.9 Å². The number of likely N-dealkylation sites (N-methyl/N-ethyl adjacent to an activating group) is 1. The van der Waals surface area contributed by atoms with Gasteiger partial charge in [-0.25, -0.2) is 9.19 Å². The van der Waals surface area contributed by atoms with Crippen LogP contribution in [-0.4, -0.2) is 63.2 Å². The number of nitrogens with one attached hydrogen (secondary N) is 3. The normalized spacial score (nSPS) is 15.2. The Hall–Kier alpha value is -3.37. The molecule has 1 aliphatic heterocycles. The lowest BCUT2D eigenvalue weighted by Gasteiger charge is -2.35. The predicted octanol–water partition coefficient (Wildman–Crippen LogP) is 5.69. The summed E-state index contributed by atoms with van der Waals surface area (Å²) in [6, 6.07) is 13.9. The molecule has 0 aliphatic carbocycles. The van der Waals surface area contributed by atoms with Crippen LogP contribution in [0.1, 0.15) is 40.2 Å². The average Bonchev–Trinajstić information content (AvgIpc) is 2.87. The first kappa shape index (κ1) is 28.6. The number of nitrogens with zero attached hydrogens (tertiary/aromatic N) is 4. The quantitative estimate of drug-likeness (QED) is 0.313. The van der Waals surface area contributed by atoms with Crippen LogP contribution in [0.25, 0.3) is 0 Å². The van der Waals surface area contributed by atoms with E-state index in [0.717, 1.165) is 60.2 Å². The number of benzene rings is 2. The molecule has 0 amide bonds. The van der Waals surface area contributed by atoms with Crippen LogP contribution < -0.4 is 25.0 Å². The van der Waals surface area contributed by atoms with Crippen LogP contribution in [0, 0.1) is 6.92 Å². The average molecular weight is 552 g/mol. The molecule has 1 saturated heterocycles. The lowest BCUT2D eigenvalue weighted by atomic mass is 10.2. The Kier molecular flexibility index (Phi) is 8.97. The zero-order valence-electron chi connectivity index (χ0n) is 24.0. The summed E-state index contributed by atoms with van der Waals surface area (Å²) in [7, 11) is 0.975. The molecule has 2 heterocycles. The largest absolute Gasteiger partial charge is 0.489 e. The van der Waals surface area contributed by atoms with Crippen LogP contribution in [0.2, 0.25) is 0 Å². The van der Waals surface area contributed by atoms with Crippen molar-refractivity contribution in [1.29, 1.82) is 0 Å². The predicted molar refractivity (Wildman–Crippen MR) is 163 cm³/mol. The molecule has 9 nitrogen and oxygen atoms in total. The second kappa shape index (κ2) is 12.2. The van der Waals surface area contributed by atoms with Crippen molar-refractivity contribution >= 4 is 45.5 Å². The second-order valence-electron chi connectivity index (χ2n) is 11.2. The maximum Gasteiger partial charge on any atom is 0.229 e. The summed E-state index contributed by atoms with van der Waals surface area (Å²) >= 11 is 0. The van der Waals surface area contributed by atoms with E-state index in [1.165, 1.54) is 0 Å². The summed E-state index contributed by atoms with van der Waals surface area (Å²) in [5.41, 5.74) is 4.57. The van der Waals surface area contributed by atoms with Crippen LogP contribution in [0.4, 0.5) is 34.5 Å². The summed E-state index contributed by atoms with van der Waals surface area (Å²) in [5, 5.41) is 6.71. The molecule has 10 heteroatoms. The van der Waals surface area contributed by atoms with Crippen LogP contribution in [0.15, 0.2) is 48.7 Å². The van der Waals surface area contributed by atoms with Gasteiger partial charge in [-0.1, -0.05) is 0 Å². The Morgan fingerprint density at radius 1 is 0.949 bits per heavy atom. The molecule has 1 unspecified atom stereocenters. The third kappa shape index (κ3) is 7.83. The minimum absolute atomic E-state index is 0.0629. The highest BCUT2D eigenvalue weighted by molar-refractivity contribution is 7.87. The number of aromatic nitrogens is 2. The Balaban J connectivity index is 1.48. The molecule has 2 aromatic carbocycles. The zero-order valence-corrected chi connectivity index (χ0v) is 24.9. The van der Waals surface area contributed by atoms with E-state index in [0.29, 0.717) is 11.8 Å². The Labute approximate surface area is 235 Å². The smallest absolute Gasteiger partial charge is 0.229 e. The molecule has 39 heavy (non-hydrogen) atoms. The minimum atomic E-state index is -1.18. The summed E-state index contributed by atoms with van der Waals surface area (Å²) in [6.07, 6.45) is 1.86. The van der Waals surface area contributed by atoms with E-state index in [2.05, 4.69) is 43.3 Å². The first-order chi connectivity index (χ1) is 18.5. The molecule has 0 saturated carbocycles. The molecule has 3 aromatic rings. The fourth-order valence-electron chi connectivity index (χ4n) is 4.03. The molecule has 0 bridgehead atoms. The van der Waals surface area contributed by atoms with Gasteiger partial charge in [-0.15, -0.1) is 0 Å². The highest BCUT2D eigenvalue weighted by Crippen LogP contribution is 2.34. The van der Waals surface area contributed by atoms with Gasteiger partial charge in [0.1, 0.15) is 22.6 Å². The molecule has 1 atom stereocenters. The standard InChI is InChI=1S/C29H41N7O2S/c1-20(2)38-26-18-24(12-13-25(26)36-16-14-35(7)15-17-36)32-28-30-19-21(3)27(33-28)31-22-8-10-23(11-9-22)34-39(37)29(4,5)6/h8-13,18-20,34H,14-17H2,1-7H3,(H2,30,31,32,33). The molecule has 4 rings (SSSR count). The minimum Gasteiger partial charge on any atom is -0.489 e. The number of hydrogen-bond acceptors (Lipinski definition) is 8. The third-order valence-electron chi connectivity index (χ3n) is 6.31. The number of hydrogen-bond donors (Lipinski definition) is 3. The Morgan fingerprint density at radius 2 is 1.59 bits per heavy atom. The molecular weight excluding hydrogens is 510 g/mol. The van der Waals surface area contributed by atoms with E-state index >= 15 is 0 Å². The molecule has 1 aromatic heterocycles. The van der Waals surface area contributed by atoms with Crippen LogP contribution in [0.3, 0.4) is 0 Å². The number of ether oxygens (including phenoxy) is 1. The van der Waals surface area contributed by atoms with Gasteiger partial charge in [0.15, 0.2) is 0 Å². The van der Waals surface area contributed by atoms with Gasteiger partial charge >= 0.3 is 0 Å². The third-order valence-corrected chi connectivity index (χ3v) is 7.84. The lowest BCUT2D eigenvalue weighted by molar-refractivity contribution is 0.241. The van der Waals surface area contributed by atoms with E-state index < -0.39 is 11.0 Å². The summed E-state index contributed by atoms with van der Waals surface area (Å²) in [5.74, 6) is 2.05. The van der Waals surface area contributed by atoms with Crippen molar-refractivity contribution in [3.05, 3.63) is 54.2 Å². The Morgan fingerprint density at radius 3 is 2.23 bits per heavy atom. The van der Waals surface area contributed by atoms with E-state index in [9.17, 15) is 4.21 Å². The van der Waals surface area contributed by atoms with Crippen molar-refractivity contribution < 1.29 is 8.95 Å². The highest BCUT2D eigenvalue weighted by atomic mass is 32.2. The fourth-order valence-corrected chi connectivity index (χ4v) is 4.68. The number of piperazine rings is 1. The van der Waals surface area contributed by atoms with Gasteiger partial charge in [0, 0.05) is 61.1 Å². The summed E-state index contributed by atoms with van der Waals surface area (Å²) in [6.45, 7) is 15.9. The van der Waals surface area contributed by atoms with E-state index in [1.807, 2.05) is 77.9 Å².